The first-order valence-electron chi connectivity index (χ1n) is 28.9. The number of aliphatic hydroxyl groups is 1. The van der Waals surface area contributed by atoms with Crippen LogP contribution in [0.25, 0.3) is 0 Å². The Labute approximate surface area is 521 Å². The van der Waals surface area contributed by atoms with Crippen LogP contribution < -0.4 is 75.7 Å². The van der Waals surface area contributed by atoms with Crippen LogP contribution in [0.15, 0.2) is 108 Å². The summed E-state index contributed by atoms with van der Waals surface area (Å²) in [7, 11) is 1.47. The molecule has 0 aliphatic carbocycles. The van der Waals surface area contributed by atoms with Crippen molar-refractivity contribution in [1.29, 1.82) is 0 Å². The van der Waals surface area contributed by atoms with Crippen LogP contribution in [0, 0.1) is 5.92 Å². The highest BCUT2D eigenvalue weighted by molar-refractivity contribution is 5.99. The molecule has 1 aliphatic rings. The second-order valence-corrected chi connectivity index (χ2v) is 21.6. The number of carbonyl (C=O) groups is 12. The minimum Gasteiger partial charge on any atom is -0.508 e. The lowest BCUT2D eigenvalue weighted by molar-refractivity contribution is -0.139. The number of carboxylic acids is 1. The number of amides is 11. The van der Waals surface area contributed by atoms with Gasteiger partial charge in [0.05, 0.1) is 19.1 Å². The predicted molar refractivity (Wildman–Crippen MR) is 330 cm³/mol. The molecule has 0 aromatic heterocycles. The number of nitrogens with zero attached hydrogens (tertiary/aromatic N) is 1. The number of rotatable bonds is 36. The normalized spacial score (nSPS) is 15.9. The van der Waals surface area contributed by atoms with Gasteiger partial charge >= 0.3 is 5.97 Å². The molecule has 11 amide bonds. The van der Waals surface area contributed by atoms with Crippen LogP contribution in [-0.4, -0.2) is 173 Å². The number of benzene rings is 2. The number of carboxylic acid groups (broad SMARTS) is 1. The molecule has 0 fully saturated rings. The largest absolute Gasteiger partial charge is 0.508 e. The second-order valence-electron chi connectivity index (χ2n) is 21.6. The number of phenolic OH excluding ortho intramolecular Hbond substituents is 1. The lowest BCUT2D eigenvalue weighted by Crippen LogP contribution is -2.62. The first kappa shape index (κ1) is 74.1. The van der Waals surface area contributed by atoms with Crippen molar-refractivity contribution < 1.29 is 72.9 Å². The number of nitrogens with one attached hydrogen (secondary N) is 11. The molecular weight excluding hydrogens is 1170 g/mol. The van der Waals surface area contributed by atoms with Crippen molar-refractivity contribution in [2.45, 2.75) is 140 Å². The number of allylic oxidation sites excluding steroid dienone is 4. The standard InChI is InChI=1S/C60H85N15O15/c1-33(2)26-44(56(87)70-41(17-13-25-66-60(63)64-6)54(85)72-43(52(62)83)29-39-31-65-24-12-8-9-14-34(39)3)69-49(80)32-67-53(84)45(27-37-15-10-7-11-16-37)74-59(90)51(35(4)76)75-58(89)47(30-48(61)79)73-55(86)42(22-23-50(81)82)71-57(88)46(68-36(5)77)28-38-18-20-40(78)21-19-38/h7-12,14-16,18-21,31,33,35,41-47,51,65,76,78H,3,13,17,22-30,32H2,1-2,4-6H3,(H2,61,79)(H2,62,83)(H,67,84)(H,68,77)(H,69,80)(H,70,87)(H,71,88)(H,72,85)(H,73,86)(H,74,90)(H,75,89)(H,81,82)(H3,63,64,66)/b12-8-,14-9-,39-31?/t35-,41+,42+,43+,44+,45+,46-,47+,51+/m1/s1. The summed E-state index contributed by atoms with van der Waals surface area (Å²) in [6.45, 7) is 9.74. The average molecular weight is 1260 g/mol. The number of aromatic hydroxyl groups is 1. The third-order valence-electron chi connectivity index (χ3n) is 13.6. The van der Waals surface area contributed by atoms with E-state index in [0.717, 1.165) is 13.8 Å². The summed E-state index contributed by atoms with van der Waals surface area (Å²) in [6, 6.07) is 1.54. The Balaban J connectivity index is 1.84. The molecule has 490 valence electrons. The Morgan fingerprint density at radius 3 is 1.77 bits per heavy atom. The van der Waals surface area contributed by atoms with Gasteiger partial charge in [-0.1, -0.05) is 87.2 Å². The Morgan fingerprint density at radius 1 is 0.633 bits per heavy atom. The zero-order valence-corrected chi connectivity index (χ0v) is 51.0. The fraction of sp³-hybridized carbons (Fsp3) is 0.450. The first-order chi connectivity index (χ1) is 42.6. The van der Waals surface area contributed by atoms with Crippen molar-refractivity contribution in [3.63, 3.8) is 0 Å². The van der Waals surface area contributed by atoms with Gasteiger partial charge in [0.2, 0.25) is 65.0 Å². The van der Waals surface area contributed by atoms with Crippen LogP contribution >= 0.6 is 0 Å². The lowest BCUT2D eigenvalue weighted by atomic mass is 9.98. The van der Waals surface area contributed by atoms with E-state index in [9.17, 15) is 72.9 Å². The Hall–Kier alpha value is -10.1. The van der Waals surface area contributed by atoms with E-state index in [2.05, 4.69) is 70.1 Å². The molecule has 0 saturated heterocycles. The summed E-state index contributed by atoms with van der Waals surface area (Å²) < 4.78 is 0. The van der Waals surface area contributed by atoms with Crippen LogP contribution in [0.3, 0.4) is 0 Å². The van der Waals surface area contributed by atoms with Crippen molar-refractivity contribution in [2.75, 3.05) is 26.7 Å². The number of primary amides is 2. The van der Waals surface area contributed by atoms with Crippen molar-refractivity contribution in [3.05, 3.63) is 114 Å². The summed E-state index contributed by atoms with van der Waals surface area (Å²) >= 11 is 0. The number of phenols is 1. The number of hydrogen-bond acceptors (Lipinski definition) is 16. The molecule has 30 heteroatoms. The first-order valence-corrected chi connectivity index (χ1v) is 28.9. The van der Waals surface area contributed by atoms with E-state index in [1.165, 1.54) is 31.3 Å². The van der Waals surface area contributed by atoms with Gasteiger partial charge in [-0.25, -0.2) is 0 Å². The van der Waals surface area contributed by atoms with Crippen LogP contribution in [0.1, 0.15) is 83.8 Å². The number of guanidine groups is 1. The third kappa shape index (κ3) is 27.7. The molecule has 2 aromatic carbocycles. The topological polar surface area (TPSA) is 488 Å². The maximum absolute atomic E-state index is 14.2. The molecule has 0 bridgehead atoms. The van der Waals surface area contributed by atoms with Gasteiger partial charge in [-0.05, 0) is 72.9 Å². The molecule has 0 unspecified atom stereocenters. The van der Waals surface area contributed by atoms with Crippen molar-refractivity contribution >= 4 is 76.9 Å². The molecule has 1 aliphatic heterocycles. The number of aliphatic hydroxyl groups excluding tert-OH is 1. The van der Waals surface area contributed by atoms with Crippen LogP contribution in [-0.2, 0) is 70.4 Å². The Bertz CT molecular complexity index is 2990. The summed E-state index contributed by atoms with van der Waals surface area (Å²) in [5.41, 5.74) is 19.1. The van der Waals surface area contributed by atoms with Crippen molar-refractivity contribution in [2.24, 2.45) is 28.1 Å². The zero-order valence-electron chi connectivity index (χ0n) is 51.0. The molecule has 2 aromatic rings. The quantitative estimate of drug-likeness (QED) is 0.0181. The minimum atomic E-state index is -1.93. The van der Waals surface area contributed by atoms with E-state index in [4.69, 9.17) is 17.2 Å². The lowest BCUT2D eigenvalue weighted by Gasteiger charge is -2.28. The number of hydrogen-bond donors (Lipinski definition) is 17. The Morgan fingerprint density at radius 2 is 1.19 bits per heavy atom. The van der Waals surface area contributed by atoms with E-state index >= 15 is 0 Å². The summed E-state index contributed by atoms with van der Waals surface area (Å²) in [5, 5.41) is 58.2. The van der Waals surface area contributed by atoms with Crippen molar-refractivity contribution in [1.82, 2.24) is 58.5 Å². The van der Waals surface area contributed by atoms with Crippen LogP contribution in [0.2, 0.25) is 0 Å². The summed E-state index contributed by atoms with van der Waals surface area (Å²) in [4.78, 5) is 164. The van der Waals surface area contributed by atoms with Gasteiger partial charge in [-0.3, -0.25) is 62.5 Å². The molecule has 3 rings (SSSR count). The molecule has 0 radical (unpaired) electrons. The van der Waals surface area contributed by atoms with Gasteiger partial charge in [0.25, 0.3) is 0 Å². The van der Waals surface area contributed by atoms with Gasteiger partial charge in [0.1, 0.15) is 54.1 Å². The van der Waals surface area contributed by atoms with E-state index in [0.29, 0.717) is 28.8 Å². The van der Waals surface area contributed by atoms with Gasteiger partial charge in [-0.15, -0.1) is 0 Å². The zero-order chi connectivity index (χ0) is 67.0. The highest BCUT2D eigenvalue weighted by atomic mass is 16.4. The smallest absolute Gasteiger partial charge is 0.303 e. The van der Waals surface area contributed by atoms with Gasteiger partial charge in [0.15, 0.2) is 5.96 Å². The molecule has 1 heterocycles. The SMILES string of the molecule is C=C1/C=C\C=C/CNC=C1C[C@H](NC(=O)[C@H](CCCNC(N)=NC)NC(=O)[C@H](CC(C)C)NC(=O)CNC(=O)[C@H](Cc1ccccc1)NC(=O)[C@@H](NC(=O)[C@H](CC(N)=O)NC(=O)[C@H](CCC(=O)O)NC(=O)[C@@H](Cc1ccc(O)cc1)NC(C)=O)[C@@H](C)O)C(N)=O. The fourth-order valence-corrected chi connectivity index (χ4v) is 8.85. The van der Waals surface area contributed by atoms with E-state index in [-0.39, 0.29) is 62.7 Å². The van der Waals surface area contributed by atoms with E-state index in [1.807, 2.05) is 12.2 Å². The molecule has 0 saturated carbocycles. The highest BCUT2D eigenvalue weighted by Crippen LogP contribution is 2.18. The molecule has 9 atom stereocenters. The monoisotopic (exact) mass is 1260 g/mol. The Kier molecular flexibility index (Phi) is 31.5. The molecule has 30 nitrogen and oxygen atoms in total. The predicted octanol–water partition coefficient (Wildman–Crippen LogP) is -3.30. The molecule has 90 heavy (non-hydrogen) atoms. The summed E-state index contributed by atoms with van der Waals surface area (Å²) in [6.07, 6.45) is 4.73. The third-order valence-corrected chi connectivity index (χ3v) is 13.6. The maximum atomic E-state index is 14.2. The van der Waals surface area contributed by atoms with Gasteiger partial charge in [0, 0.05) is 58.9 Å². The maximum Gasteiger partial charge on any atom is 0.303 e. The minimum absolute atomic E-state index is 0.00154. The van der Waals surface area contributed by atoms with Crippen LogP contribution in [0.5, 0.6) is 5.75 Å². The number of nitrogens with two attached hydrogens (primary N) is 3. The second kappa shape index (κ2) is 38.2. The van der Waals surface area contributed by atoms with Gasteiger partial charge < -0.3 is 91.0 Å². The number of carbonyl (C=O) groups excluding carboxylic acids is 11. The molecule has 20 N–H and O–H groups in total. The van der Waals surface area contributed by atoms with Crippen molar-refractivity contribution in [3.8, 4) is 5.75 Å². The highest BCUT2D eigenvalue weighted by Gasteiger charge is 2.36. The number of aliphatic imine (C=N–C) groups is 1. The molecular formula is C60H85N15O15. The van der Waals surface area contributed by atoms with Crippen LogP contribution in [0.4, 0.5) is 0 Å². The van der Waals surface area contributed by atoms with E-state index in [1.54, 1.807) is 62.5 Å². The van der Waals surface area contributed by atoms with Gasteiger partial charge in [-0.2, -0.15) is 0 Å². The van der Waals surface area contributed by atoms with E-state index < -0.39 is 151 Å². The molecule has 0 spiro atoms. The summed E-state index contributed by atoms with van der Waals surface area (Å²) in [5.74, 6) is -12.3. The fourth-order valence-electron chi connectivity index (χ4n) is 8.85. The number of aliphatic carboxylic acids is 1. The average Bonchev–Trinajstić information content (AvgIpc) is 2.18.